The van der Waals surface area contributed by atoms with Gasteiger partial charge in [-0.3, -0.25) is 0 Å². The molecular weight excluding hydrogens is 272 g/mol. The summed E-state index contributed by atoms with van der Waals surface area (Å²) in [6, 6.07) is 10.6. The van der Waals surface area contributed by atoms with Crippen LogP contribution in [0.4, 0.5) is 10.1 Å². The summed E-state index contributed by atoms with van der Waals surface area (Å²) in [5, 5.41) is 3.85. The van der Waals surface area contributed by atoms with Crippen LogP contribution in [0.5, 0.6) is 0 Å². The fourth-order valence-corrected chi connectivity index (χ4v) is 2.13. The van der Waals surface area contributed by atoms with E-state index in [0.29, 0.717) is 17.1 Å². The monoisotopic (exact) mass is 283 g/mol. The Kier molecular flexibility index (Phi) is 4.10. The van der Waals surface area contributed by atoms with Crippen molar-refractivity contribution < 1.29 is 4.39 Å². The predicted octanol–water partition coefficient (Wildman–Crippen LogP) is 5.05. The van der Waals surface area contributed by atoms with Crippen molar-refractivity contribution >= 4 is 28.9 Å². The second kappa shape index (κ2) is 5.59. The van der Waals surface area contributed by atoms with Crippen LogP contribution in [-0.2, 0) is 6.54 Å². The third kappa shape index (κ3) is 2.95. The number of anilines is 1. The van der Waals surface area contributed by atoms with Gasteiger partial charge in [-0.05, 0) is 30.7 Å². The van der Waals surface area contributed by atoms with Gasteiger partial charge in [-0.25, -0.2) is 4.39 Å². The summed E-state index contributed by atoms with van der Waals surface area (Å²) in [4.78, 5) is 0. The Hall–Kier alpha value is -1.25. The van der Waals surface area contributed by atoms with Gasteiger partial charge in [0.05, 0.1) is 15.7 Å². The van der Waals surface area contributed by atoms with Crippen molar-refractivity contribution in [3.05, 3.63) is 63.4 Å². The van der Waals surface area contributed by atoms with Gasteiger partial charge >= 0.3 is 0 Å². The molecule has 2 aromatic rings. The summed E-state index contributed by atoms with van der Waals surface area (Å²) in [6.07, 6.45) is 0. The fourth-order valence-electron chi connectivity index (χ4n) is 1.64. The Morgan fingerprint density at radius 2 is 1.89 bits per heavy atom. The number of halogens is 3. The van der Waals surface area contributed by atoms with E-state index in [1.807, 2.05) is 25.1 Å². The van der Waals surface area contributed by atoms with Gasteiger partial charge in [0.15, 0.2) is 0 Å². The molecule has 1 N–H and O–H groups in total. The van der Waals surface area contributed by atoms with E-state index in [1.54, 1.807) is 12.1 Å². The van der Waals surface area contributed by atoms with Crippen LogP contribution in [-0.4, -0.2) is 0 Å². The lowest BCUT2D eigenvalue weighted by atomic mass is 10.2. The maximum absolute atomic E-state index is 13.7. The highest BCUT2D eigenvalue weighted by atomic mass is 35.5. The molecule has 0 radical (unpaired) electrons. The lowest BCUT2D eigenvalue weighted by molar-refractivity contribution is 0.613. The molecule has 0 aliphatic heterocycles. The molecule has 0 unspecified atom stereocenters. The maximum atomic E-state index is 13.7. The average molecular weight is 284 g/mol. The molecular formula is C14H12Cl2FN. The lowest BCUT2D eigenvalue weighted by Crippen LogP contribution is -2.02. The first-order valence-electron chi connectivity index (χ1n) is 5.51. The number of nitrogens with one attached hydrogen (secondary N) is 1. The Morgan fingerprint density at radius 3 is 2.61 bits per heavy atom. The van der Waals surface area contributed by atoms with Crippen LogP contribution in [0.1, 0.15) is 11.1 Å². The molecule has 0 saturated carbocycles. The highest BCUT2D eigenvalue weighted by Crippen LogP contribution is 2.24. The molecule has 94 valence electrons. The minimum atomic E-state index is -0.394. The SMILES string of the molecule is Cc1ccc(NCc2cccc(Cl)c2F)c(Cl)c1. The molecule has 18 heavy (non-hydrogen) atoms. The number of hydrogen-bond donors (Lipinski definition) is 1. The van der Waals surface area contributed by atoms with E-state index < -0.39 is 5.82 Å². The highest BCUT2D eigenvalue weighted by Gasteiger charge is 2.06. The van der Waals surface area contributed by atoms with Crippen LogP contribution >= 0.6 is 23.2 Å². The van der Waals surface area contributed by atoms with Crippen molar-refractivity contribution in [3.63, 3.8) is 0 Å². The number of benzene rings is 2. The minimum Gasteiger partial charge on any atom is -0.380 e. The van der Waals surface area contributed by atoms with Gasteiger partial charge in [0.2, 0.25) is 0 Å². The minimum absolute atomic E-state index is 0.129. The molecule has 0 saturated heterocycles. The topological polar surface area (TPSA) is 12.0 Å². The van der Waals surface area contributed by atoms with E-state index in [9.17, 15) is 4.39 Å². The first kappa shape index (κ1) is 13.2. The second-order valence-electron chi connectivity index (χ2n) is 4.05. The Labute approximate surface area is 116 Å². The molecule has 0 aliphatic carbocycles. The molecule has 0 bridgehead atoms. The first-order chi connectivity index (χ1) is 8.58. The molecule has 0 aliphatic rings. The fraction of sp³-hybridized carbons (Fsp3) is 0.143. The van der Waals surface area contributed by atoms with Crippen LogP contribution in [0.25, 0.3) is 0 Å². The normalized spacial score (nSPS) is 10.4. The van der Waals surface area contributed by atoms with Gasteiger partial charge in [-0.15, -0.1) is 0 Å². The van der Waals surface area contributed by atoms with Crippen LogP contribution in [0.15, 0.2) is 36.4 Å². The summed E-state index contributed by atoms with van der Waals surface area (Å²) in [7, 11) is 0. The van der Waals surface area contributed by atoms with Crippen molar-refractivity contribution in [2.75, 3.05) is 5.32 Å². The molecule has 2 aromatic carbocycles. The number of rotatable bonds is 3. The lowest BCUT2D eigenvalue weighted by Gasteiger charge is -2.10. The Morgan fingerprint density at radius 1 is 1.11 bits per heavy atom. The summed E-state index contributed by atoms with van der Waals surface area (Å²) in [6.45, 7) is 2.31. The summed E-state index contributed by atoms with van der Waals surface area (Å²) in [5.74, 6) is -0.394. The van der Waals surface area contributed by atoms with E-state index in [1.165, 1.54) is 6.07 Å². The molecule has 0 aromatic heterocycles. The van der Waals surface area contributed by atoms with Crippen LogP contribution in [0, 0.1) is 12.7 Å². The zero-order valence-corrected chi connectivity index (χ0v) is 11.3. The van der Waals surface area contributed by atoms with Gasteiger partial charge in [0.25, 0.3) is 0 Å². The van der Waals surface area contributed by atoms with Crippen molar-refractivity contribution in [1.29, 1.82) is 0 Å². The molecule has 0 atom stereocenters. The van der Waals surface area contributed by atoms with Crippen molar-refractivity contribution in [1.82, 2.24) is 0 Å². The molecule has 2 rings (SSSR count). The van der Waals surface area contributed by atoms with Crippen LogP contribution < -0.4 is 5.32 Å². The number of hydrogen-bond acceptors (Lipinski definition) is 1. The van der Waals surface area contributed by atoms with Crippen molar-refractivity contribution in [3.8, 4) is 0 Å². The van der Waals surface area contributed by atoms with E-state index >= 15 is 0 Å². The predicted molar refractivity (Wildman–Crippen MR) is 74.9 cm³/mol. The molecule has 0 amide bonds. The zero-order valence-electron chi connectivity index (χ0n) is 9.81. The summed E-state index contributed by atoms with van der Waals surface area (Å²) in [5.41, 5.74) is 2.38. The van der Waals surface area contributed by atoms with Crippen LogP contribution in [0.2, 0.25) is 10.0 Å². The Bertz CT molecular complexity index is 570. The van der Waals surface area contributed by atoms with E-state index in [0.717, 1.165) is 11.3 Å². The van der Waals surface area contributed by atoms with E-state index in [2.05, 4.69) is 5.32 Å². The maximum Gasteiger partial charge on any atom is 0.146 e. The molecule has 0 spiro atoms. The summed E-state index contributed by atoms with van der Waals surface area (Å²) < 4.78 is 13.7. The third-order valence-corrected chi connectivity index (χ3v) is 3.23. The second-order valence-corrected chi connectivity index (χ2v) is 4.86. The average Bonchev–Trinajstić information content (AvgIpc) is 2.33. The third-order valence-electron chi connectivity index (χ3n) is 2.63. The van der Waals surface area contributed by atoms with Gasteiger partial charge < -0.3 is 5.32 Å². The highest BCUT2D eigenvalue weighted by molar-refractivity contribution is 6.33. The van der Waals surface area contributed by atoms with Crippen molar-refractivity contribution in [2.45, 2.75) is 13.5 Å². The zero-order chi connectivity index (χ0) is 13.1. The Balaban J connectivity index is 2.14. The van der Waals surface area contributed by atoms with Crippen molar-refractivity contribution in [2.24, 2.45) is 0 Å². The van der Waals surface area contributed by atoms with Crippen LogP contribution in [0.3, 0.4) is 0 Å². The number of aryl methyl sites for hydroxylation is 1. The van der Waals surface area contributed by atoms with E-state index in [4.69, 9.17) is 23.2 Å². The summed E-state index contributed by atoms with van der Waals surface area (Å²) >= 11 is 11.8. The smallest absolute Gasteiger partial charge is 0.146 e. The van der Waals surface area contributed by atoms with Gasteiger partial charge in [-0.2, -0.15) is 0 Å². The van der Waals surface area contributed by atoms with Gasteiger partial charge in [0, 0.05) is 12.1 Å². The standard InChI is InChI=1S/C14H12Cl2FN/c1-9-5-6-13(12(16)7-9)18-8-10-3-2-4-11(15)14(10)17/h2-7,18H,8H2,1H3. The molecule has 0 fully saturated rings. The van der Waals surface area contributed by atoms with Gasteiger partial charge in [0.1, 0.15) is 5.82 Å². The first-order valence-corrected chi connectivity index (χ1v) is 6.26. The molecule has 4 heteroatoms. The van der Waals surface area contributed by atoms with E-state index in [-0.39, 0.29) is 5.02 Å². The van der Waals surface area contributed by atoms with Gasteiger partial charge in [-0.1, -0.05) is 41.4 Å². The molecule has 1 nitrogen and oxygen atoms in total. The largest absolute Gasteiger partial charge is 0.380 e. The quantitative estimate of drug-likeness (QED) is 0.831. The molecule has 0 heterocycles.